The van der Waals surface area contributed by atoms with Crippen LogP contribution in [0.4, 0.5) is 5.69 Å². The number of nitrogens with zero attached hydrogens (tertiary/aromatic N) is 3. The molecule has 0 aromatic heterocycles. The first kappa shape index (κ1) is 23.2. The molecule has 1 amide bonds. The van der Waals surface area contributed by atoms with E-state index >= 15 is 0 Å². The summed E-state index contributed by atoms with van der Waals surface area (Å²) in [7, 11) is 0. The number of hydrogen-bond donors (Lipinski definition) is 1. The number of hydrogen-bond acceptors (Lipinski definition) is 4. The van der Waals surface area contributed by atoms with Gasteiger partial charge < -0.3 is 15.1 Å². The summed E-state index contributed by atoms with van der Waals surface area (Å²) in [5.41, 5.74) is 1.46. The van der Waals surface area contributed by atoms with E-state index in [0.29, 0.717) is 0 Å². The highest BCUT2D eigenvalue weighted by Crippen LogP contribution is 2.18. The number of rotatable bonds is 4. The van der Waals surface area contributed by atoms with Gasteiger partial charge in [-0.05, 0) is 25.0 Å². The molecule has 2 fully saturated rings. The van der Waals surface area contributed by atoms with Crippen molar-refractivity contribution in [2.75, 3.05) is 31.1 Å². The molecule has 5 heteroatoms. The van der Waals surface area contributed by atoms with Crippen molar-refractivity contribution in [3.63, 3.8) is 0 Å². The van der Waals surface area contributed by atoms with Crippen molar-refractivity contribution in [3.8, 4) is 6.07 Å². The lowest BCUT2D eigenvalue weighted by Crippen LogP contribution is -2.44. The third-order valence-electron chi connectivity index (χ3n) is 6.55. The summed E-state index contributed by atoms with van der Waals surface area (Å²) in [5.74, 6) is -0.204. The molecule has 0 bridgehead atoms. The van der Waals surface area contributed by atoms with E-state index in [1.807, 2.05) is 6.07 Å². The molecule has 1 aromatic carbocycles. The van der Waals surface area contributed by atoms with Crippen molar-refractivity contribution in [1.82, 2.24) is 10.2 Å². The van der Waals surface area contributed by atoms with Gasteiger partial charge in [-0.2, -0.15) is 5.26 Å². The van der Waals surface area contributed by atoms with Gasteiger partial charge in [-0.25, -0.2) is 0 Å². The van der Waals surface area contributed by atoms with Gasteiger partial charge in [-0.1, -0.05) is 76.0 Å². The number of carbonyl (C=O) groups excluding carboxylic acids is 1. The summed E-state index contributed by atoms with van der Waals surface area (Å²) in [6.07, 6.45) is 15.3. The van der Waals surface area contributed by atoms with Gasteiger partial charge in [0.15, 0.2) is 0 Å². The van der Waals surface area contributed by atoms with E-state index in [-0.39, 0.29) is 17.5 Å². The van der Waals surface area contributed by atoms with Crippen LogP contribution in [0.5, 0.6) is 0 Å². The normalized spacial score (nSPS) is 20.3. The molecule has 1 N–H and O–H groups in total. The molecule has 3 rings (SSSR count). The maximum atomic E-state index is 12.8. The number of piperazine rings is 1. The van der Waals surface area contributed by atoms with E-state index in [0.717, 1.165) is 51.9 Å². The van der Waals surface area contributed by atoms with Crippen molar-refractivity contribution >= 4 is 11.6 Å². The molecule has 1 aromatic rings. The second kappa shape index (κ2) is 13.0. The average Bonchev–Trinajstić information content (AvgIpc) is 2.80. The highest BCUT2D eigenvalue weighted by Gasteiger charge is 2.19. The Labute approximate surface area is 188 Å². The van der Waals surface area contributed by atoms with Gasteiger partial charge in [0.2, 0.25) is 0 Å². The number of nitriles is 1. The van der Waals surface area contributed by atoms with Gasteiger partial charge in [0.1, 0.15) is 11.6 Å². The molecular weight excluding hydrogens is 384 g/mol. The minimum Gasteiger partial charge on any atom is -0.373 e. The highest BCUT2D eigenvalue weighted by molar-refractivity contribution is 5.97. The Balaban J connectivity index is 1.51. The molecule has 5 nitrogen and oxygen atoms in total. The van der Waals surface area contributed by atoms with Crippen LogP contribution in [0.3, 0.4) is 0 Å². The quantitative estimate of drug-likeness (QED) is 0.548. The average molecular weight is 423 g/mol. The molecule has 0 atom stereocenters. The van der Waals surface area contributed by atoms with E-state index in [1.165, 1.54) is 50.6 Å². The Bertz CT molecular complexity index is 720. The van der Waals surface area contributed by atoms with Crippen LogP contribution in [0, 0.1) is 11.3 Å². The predicted molar refractivity (Wildman–Crippen MR) is 127 cm³/mol. The SMILES string of the molecule is N#C/C(=C/N1CCN(c2ccccc2)CC1)C(=O)NC1CCCCCCCCCCC1. The van der Waals surface area contributed by atoms with Gasteiger partial charge in [0.25, 0.3) is 5.91 Å². The number of para-hydroxylation sites is 1. The van der Waals surface area contributed by atoms with Gasteiger partial charge in [0, 0.05) is 44.1 Å². The standard InChI is InChI=1S/C26H38N4O/c27-21-23(22-29-17-19-30(20-18-29)25-15-11-8-12-16-25)26(31)28-24-13-9-6-4-2-1-3-5-7-10-14-24/h8,11-12,15-16,22,24H,1-7,9-10,13-14,17-20H2,(H,28,31)/b23-22-. The first-order valence-electron chi connectivity index (χ1n) is 12.2. The fraction of sp³-hybridized carbons (Fsp3) is 0.615. The lowest BCUT2D eigenvalue weighted by molar-refractivity contribution is -0.118. The van der Waals surface area contributed by atoms with Gasteiger partial charge in [-0.15, -0.1) is 0 Å². The molecule has 1 saturated heterocycles. The summed E-state index contributed by atoms with van der Waals surface area (Å²) in [4.78, 5) is 17.3. The molecule has 1 aliphatic carbocycles. The molecule has 168 valence electrons. The minimum atomic E-state index is -0.204. The molecule has 0 unspecified atom stereocenters. The molecular formula is C26H38N4O. The fourth-order valence-electron chi connectivity index (χ4n) is 4.64. The Morgan fingerprint density at radius 1 is 0.871 bits per heavy atom. The van der Waals surface area contributed by atoms with Gasteiger partial charge >= 0.3 is 0 Å². The van der Waals surface area contributed by atoms with E-state index < -0.39 is 0 Å². The third-order valence-corrected chi connectivity index (χ3v) is 6.55. The Kier molecular flexibility index (Phi) is 9.76. The molecule has 0 spiro atoms. The molecule has 2 aliphatic rings. The summed E-state index contributed by atoms with van der Waals surface area (Å²) < 4.78 is 0. The lowest BCUT2D eigenvalue weighted by atomic mass is 9.97. The molecule has 1 saturated carbocycles. The van der Waals surface area contributed by atoms with E-state index in [9.17, 15) is 10.1 Å². The summed E-state index contributed by atoms with van der Waals surface area (Å²) in [6.45, 7) is 3.42. The van der Waals surface area contributed by atoms with Gasteiger partial charge in [0.05, 0.1) is 0 Å². The van der Waals surface area contributed by atoms with Crippen LogP contribution >= 0.6 is 0 Å². The minimum absolute atomic E-state index is 0.193. The summed E-state index contributed by atoms with van der Waals surface area (Å²) in [5, 5.41) is 12.8. The van der Waals surface area contributed by atoms with Crippen molar-refractivity contribution in [3.05, 3.63) is 42.1 Å². The van der Waals surface area contributed by atoms with Crippen LogP contribution in [-0.4, -0.2) is 43.0 Å². The molecule has 1 aliphatic heterocycles. The first-order chi connectivity index (χ1) is 15.3. The van der Waals surface area contributed by atoms with Crippen LogP contribution < -0.4 is 10.2 Å². The number of anilines is 1. The summed E-state index contributed by atoms with van der Waals surface area (Å²) in [6, 6.07) is 12.7. The Morgan fingerprint density at radius 3 is 1.97 bits per heavy atom. The summed E-state index contributed by atoms with van der Waals surface area (Å²) >= 11 is 0. The van der Waals surface area contributed by atoms with Crippen molar-refractivity contribution < 1.29 is 4.79 Å². The second-order valence-electron chi connectivity index (χ2n) is 8.94. The molecule has 1 heterocycles. The Hall–Kier alpha value is -2.48. The zero-order chi connectivity index (χ0) is 21.7. The van der Waals surface area contributed by atoms with Crippen molar-refractivity contribution in [2.24, 2.45) is 0 Å². The third kappa shape index (κ3) is 7.94. The van der Waals surface area contributed by atoms with Crippen LogP contribution in [0.15, 0.2) is 42.1 Å². The second-order valence-corrected chi connectivity index (χ2v) is 8.94. The molecule has 0 radical (unpaired) electrons. The fourth-order valence-corrected chi connectivity index (χ4v) is 4.64. The molecule has 31 heavy (non-hydrogen) atoms. The highest BCUT2D eigenvalue weighted by atomic mass is 16.1. The van der Waals surface area contributed by atoms with Crippen LogP contribution in [-0.2, 0) is 4.79 Å². The van der Waals surface area contributed by atoms with E-state index in [1.54, 1.807) is 6.20 Å². The van der Waals surface area contributed by atoms with E-state index in [4.69, 9.17) is 0 Å². The van der Waals surface area contributed by atoms with Crippen LogP contribution in [0.1, 0.15) is 70.6 Å². The topological polar surface area (TPSA) is 59.4 Å². The maximum absolute atomic E-state index is 12.8. The zero-order valence-corrected chi connectivity index (χ0v) is 18.9. The van der Waals surface area contributed by atoms with Gasteiger partial charge in [-0.3, -0.25) is 4.79 Å². The maximum Gasteiger partial charge on any atom is 0.263 e. The zero-order valence-electron chi connectivity index (χ0n) is 18.9. The number of benzene rings is 1. The van der Waals surface area contributed by atoms with Crippen LogP contribution in [0.2, 0.25) is 0 Å². The lowest BCUT2D eigenvalue weighted by Gasteiger charge is -2.35. The number of amides is 1. The smallest absolute Gasteiger partial charge is 0.263 e. The monoisotopic (exact) mass is 422 g/mol. The number of nitrogens with one attached hydrogen (secondary N) is 1. The van der Waals surface area contributed by atoms with E-state index in [2.05, 4.69) is 45.5 Å². The van der Waals surface area contributed by atoms with Crippen molar-refractivity contribution in [1.29, 1.82) is 5.26 Å². The van der Waals surface area contributed by atoms with Crippen LogP contribution in [0.25, 0.3) is 0 Å². The van der Waals surface area contributed by atoms with Crippen molar-refractivity contribution in [2.45, 2.75) is 76.7 Å². The Morgan fingerprint density at radius 2 is 1.42 bits per heavy atom. The first-order valence-corrected chi connectivity index (χ1v) is 12.2. The number of carbonyl (C=O) groups is 1. The predicted octanol–water partition coefficient (Wildman–Crippen LogP) is 5.01. The largest absolute Gasteiger partial charge is 0.373 e.